The van der Waals surface area contributed by atoms with E-state index in [1.165, 1.54) is 6.42 Å². The molecule has 9 nitrogen and oxygen atoms in total. The summed E-state index contributed by atoms with van der Waals surface area (Å²) >= 11 is 0. The van der Waals surface area contributed by atoms with Crippen LogP contribution in [0.25, 0.3) is 0 Å². The van der Waals surface area contributed by atoms with Crippen LogP contribution in [0.1, 0.15) is 72.6 Å². The summed E-state index contributed by atoms with van der Waals surface area (Å²) in [5, 5.41) is 11.1. The number of piperidine rings is 1. The van der Waals surface area contributed by atoms with E-state index < -0.39 is 0 Å². The third-order valence-electron chi connectivity index (χ3n) is 6.79. The molecule has 3 heterocycles. The molecule has 9 heteroatoms. The summed E-state index contributed by atoms with van der Waals surface area (Å²) in [6.07, 6.45) is 8.33. The Labute approximate surface area is 192 Å². The number of fused-ring (bicyclic) bond motifs is 1. The molecular weight excluding hydrogens is 422 g/mol. The summed E-state index contributed by atoms with van der Waals surface area (Å²) < 4.78 is 10.9. The Balaban J connectivity index is 1.38. The highest BCUT2D eigenvalue weighted by Gasteiger charge is 2.31. The lowest BCUT2D eigenvalue weighted by atomic mass is 9.95. The Morgan fingerprint density at radius 3 is 2.85 bits per heavy atom. The number of nitrogens with one attached hydrogen (secondary N) is 3. The standard InChI is InChI=1S/C24H29N5O4/c25-12-18-22(26-16-7-2-1-3-8-16)27-21(28-23(18)30)15-6-5-11-29(13-15)24(31)17-9-4-10-19-20(17)33-14-32-19/h4,9-10,12,15-16,25H,1-3,5-8,11,13-14H2,(H2,26,27,28,30). The molecule has 1 atom stereocenters. The molecule has 1 unspecified atom stereocenters. The largest absolute Gasteiger partial charge is 0.454 e. The van der Waals surface area contributed by atoms with Gasteiger partial charge in [-0.05, 0) is 37.8 Å². The first-order valence-corrected chi connectivity index (χ1v) is 11.7. The molecule has 0 spiro atoms. The average Bonchev–Trinajstić information content (AvgIpc) is 3.33. The van der Waals surface area contributed by atoms with E-state index >= 15 is 0 Å². The molecule has 5 rings (SSSR count). The zero-order valence-corrected chi connectivity index (χ0v) is 18.6. The Morgan fingerprint density at radius 2 is 2.03 bits per heavy atom. The Bertz CT molecular complexity index is 1110. The number of amides is 1. The van der Waals surface area contributed by atoms with E-state index in [2.05, 4.69) is 10.3 Å². The summed E-state index contributed by atoms with van der Waals surface area (Å²) in [5.41, 5.74) is 0.430. The summed E-state index contributed by atoms with van der Waals surface area (Å²) in [7, 11) is 0. The van der Waals surface area contributed by atoms with Crippen molar-refractivity contribution in [3.05, 3.63) is 45.5 Å². The summed E-state index contributed by atoms with van der Waals surface area (Å²) in [6.45, 7) is 1.21. The number of rotatable bonds is 5. The highest BCUT2D eigenvalue weighted by Crippen LogP contribution is 2.37. The molecule has 1 saturated carbocycles. The van der Waals surface area contributed by atoms with E-state index in [1.807, 2.05) is 0 Å². The number of anilines is 1. The number of likely N-dealkylation sites (tertiary alicyclic amines) is 1. The number of ether oxygens (including phenoxy) is 2. The van der Waals surface area contributed by atoms with Crippen LogP contribution in [-0.2, 0) is 0 Å². The van der Waals surface area contributed by atoms with Crippen molar-refractivity contribution in [1.82, 2.24) is 14.9 Å². The lowest BCUT2D eigenvalue weighted by Gasteiger charge is -2.33. The van der Waals surface area contributed by atoms with Crippen LogP contribution >= 0.6 is 0 Å². The molecule has 2 aromatic rings. The molecule has 0 bridgehead atoms. The fourth-order valence-electron chi connectivity index (χ4n) is 5.03. The number of H-pyrrole nitrogens is 1. The molecule has 3 N–H and O–H groups in total. The quantitative estimate of drug-likeness (QED) is 0.600. The van der Waals surface area contributed by atoms with Gasteiger partial charge < -0.3 is 30.1 Å². The van der Waals surface area contributed by atoms with Gasteiger partial charge in [-0.2, -0.15) is 0 Å². The highest BCUT2D eigenvalue weighted by atomic mass is 16.7. The maximum absolute atomic E-state index is 13.3. The minimum absolute atomic E-state index is 0.0870. The summed E-state index contributed by atoms with van der Waals surface area (Å²) in [6, 6.07) is 5.61. The second kappa shape index (κ2) is 9.25. The Kier molecular flexibility index (Phi) is 6.02. The number of aromatic amines is 1. The molecule has 2 aliphatic heterocycles. The van der Waals surface area contributed by atoms with Gasteiger partial charge in [0.25, 0.3) is 11.5 Å². The molecule has 1 aliphatic carbocycles. The third kappa shape index (κ3) is 4.31. The third-order valence-corrected chi connectivity index (χ3v) is 6.79. The van der Waals surface area contributed by atoms with Gasteiger partial charge in [-0.15, -0.1) is 0 Å². The average molecular weight is 452 g/mol. The van der Waals surface area contributed by atoms with Gasteiger partial charge in [0.15, 0.2) is 11.5 Å². The molecule has 3 aliphatic rings. The molecule has 2 fully saturated rings. The zero-order valence-electron chi connectivity index (χ0n) is 18.6. The maximum atomic E-state index is 13.3. The lowest BCUT2D eigenvalue weighted by molar-refractivity contribution is 0.0700. The number of carbonyl (C=O) groups is 1. The van der Waals surface area contributed by atoms with Crippen molar-refractivity contribution in [3.63, 3.8) is 0 Å². The summed E-state index contributed by atoms with van der Waals surface area (Å²) in [5.74, 6) is 1.92. The topological polar surface area (TPSA) is 120 Å². The van der Waals surface area contributed by atoms with E-state index in [1.54, 1.807) is 23.1 Å². The molecule has 1 aromatic carbocycles. The Hall–Kier alpha value is -3.36. The second-order valence-electron chi connectivity index (χ2n) is 8.97. The van der Waals surface area contributed by atoms with E-state index in [0.717, 1.165) is 44.7 Å². The fourth-order valence-corrected chi connectivity index (χ4v) is 5.03. The predicted octanol–water partition coefficient (Wildman–Crippen LogP) is 3.26. The van der Waals surface area contributed by atoms with E-state index in [-0.39, 0.29) is 35.8 Å². The van der Waals surface area contributed by atoms with Crippen molar-refractivity contribution in [2.24, 2.45) is 0 Å². The maximum Gasteiger partial charge on any atom is 0.261 e. The highest BCUT2D eigenvalue weighted by molar-refractivity contribution is 5.98. The van der Waals surface area contributed by atoms with Crippen LogP contribution in [0.5, 0.6) is 11.5 Å². The van der Waals surface area contributed by atoms with Crippen LogP contribution in [0.2, 0.25) is 0 Å². The van der Waals surface area contributed by atoms with Crippen molar-refractivity contribution in [3.8, 4) is 11.5 Å². The molecule has 1 aromatic heterocycles. The minimum Gasteiger partial charge on any atom is -0.454 e. The SMILES string of the molecule is N=Cc1c(NC2CCCCC2)nc(C2CCCN(C(=O)c3cccc4c3OCO4)C2)[nH]c1=O. The van der Waals surface area contributed by atoms with E-state index in [0.29, 0.717) is 41.8 Å². The monoisotopic (exact) mass is 451 g/mol. The minimum atomic E-state index is -0.316. The zero-order chi connectivity index (χ0) is 22.8. The van der Waals surface area contributed by atoms with Crippen molar-refractivity contribution in [1.29, 1.82) is 5.41 Å². The van der Waals surface area contributed by atoms with Gasteiger partial charge in [0.05, 0.1) is 11.1 Å². The molecule has 1 saturated heterocycles. The van der Waals surface area contributed by atoms with E-state index in [4.69, 9.17) is 19.9 Å². The van der Waals surface area contributed by atoms with Crippen LogP contribution in [0.4, 0.5) is 5.82 Å². The van der Waals surface area contributed by atoms with E-state index in [9.17, 15) is 9.59 Å². The second-order valence-corrected chi connectivity index (χ2v) is 8.97. The Morgan fingerprint density at radius 1 is 1.18 bits per heavy atom. The number of hydrogen-bond donors (Lipinski definition) is 3. The first-order chi connectivity index (χ1) is 16.1. The molecule has 1 amide bonds. The van der Waals surface area contributed by atoms with Crippen LogP contribution in [-0.4, -0.2) is 52.9 Å². The molecule has 174 valence electrons. The van der Waals surface area contributed by atoms with Gasteiger partial charge in [0.1, 0.15) is 11.6 Å². The van der Waals surface area contributed by atoms with Gasteiger partial charge >= 0.3 is 0 Å². The van der Waals surface area contributed by atoms with Crippen LogP contribution < -0.4 is 20.3 Å². The van der Waals surface area contributed by atoms with Crippen molar-refractivity contribution >= 4 is 17.9 Å². The number of para-hydroxylation sites is 1. The molecule has 33 heavy (non-hydrogen) atoms. The van der Waals surface area contributed by atoms with Crippen molar-refractivity contribution in [2.45, 2.75) is 56.9 Å². The van der Waals surface area contributed by atoms with Gasteiger partial charge in [-0.25, -0.2) is 4.98 Å². The first kappa shape index (κ1) is 21.5. The van der Waals surface area contributed by atoms with Crippen molar-refractivity contribution < 1.29 is 14.3 Å². The number of benzene rings is 1. The van der Waals surface area contributed by atoms with Gasteiger partial charge in [0, 0.05) is 31.3 Å². The summed E-state index contributed by atoms with van der Waals surface area (Å²) in [4.78, 5) is 35.4. The molecular formula is C24H29N5O4. The number of carbonyl (C=O) groups excluding carboxylic acids is 1. The predicted molar refractivity (Wildman–Crippen MR) is 124 cm³/mol. The van der Waals surface area contributed by atoms with Gasteiger partial charge in [0.2, 0.25) is 6.79 Å². The van der Waals surface area contributed by atoms with Gasteiger partial charge in [-0.1, -0.05) is 25.3 Å². The smallest absolute Gasteiger partial charge is 0.261 e. The lowest BCUT2D eigenvalue weighted by Crippen LogP contribution is -2.40. The van der Waals surface area contributed by atoms with Crippen LogP contribution in [0.3, 0.4) is 0 Å². The normalized spacial score (nSPS) is 20.5. The van der Waals surface area contributed by atoms with Crippen LogP contribution in [0, 0.1) is 5.41 Å². The number of hydrogen-bond acceptors (Lipinski definition) is 7. The first-order valence-electron chi connectivity index (χ1n) is 11.7. The number of nitrogens with zero attached hydrogens (tertiary/aromatic N) is 2. The number of aromatic nitrogens is 2. The molecule has 0 radical (unpaired) electrons. The fraction of sp³-hybridized carbons (Fsp3) is 0.500. The van der Waals surface area contributed by atoms with Crippen molar-refractivity contribution in [2.75, 3.05) is 25.2 Å². The van der Waals surface area contributed by atoms with Crippen LogP contribution in [0.15, 0.2) is 23.0 Å². The van der Waals surface area contributed by atoms with Gasteiger partial charge in [-0.3, -0.25) is 9.59 Å².